The van der Waals surface area contributed by atoms with Crippen molar-refractivity contribution in [1.82, 2.24) is 0 Å². The van der Waals surface area contributed by atoms with Crippen LogP contribution in [-0.4, -0.2) is 30.4 Å². The Morgan fingerprint density at radius 2 is 2.00 bits per heavy atom. The fourth-order valence-electron chi connectivity index (χ4n) is 2.91. The van der Waals surface area contributed by atoms with E-state index in [0.29, 0.717) is 29.9 Å². The summed E-state index contributed by atoms with van der Waals surface area (Å²) in [6.45, 7) is 2.09. The third-order valence-corrected chi connectivity index (χ3v) is 4.38. The first-order chi connectivity index (χ1) is 13.5. The molecule has 7 heteroatoms. The molecule has 1 aliphatic heterocycles. The molecule has 0 radical (unpaired) electrons. The van der Waals surface area contributed by atoms with Gasteiger partial charge in [0.2, 0.25) is 5.91 Å². The fourth-order valence-corrected chi connectivity index (χ4v) is 2.91. The second-order valence-corrected chi connectivity index (χ2v) is 6.43. The average Bonchev–Trinajstić information content (AvgIpc) is 3.14. The van der Waals surface area contributed by atoms with Crippen molar-refractivity contribution >= 4 is 29.2 Å². The predicted octanol–water partition coefficient (Wildman–Crippen LogP) is 2.87. The first-order valence-corrected chi connectivity index (χ1v) is 8.90. The number of anilines is 2. The highest BCUT2D eigenvalue weighted by Crippen LogP contribution is 2.23. The van der Waals surface area contributed by atoms with Gasteiger partial charge in [0.25, 0.3) is 5.91 Å². The predicted molar refractivity (Wildman–Crippen MR) is 103 cm³/mol. The van der Waals surface area contributed by atoms with E-state index in [1.54, 1.807) is 47.4 Å². The van der Waals surface area contributed by atoms with E-state index < -0.39 is 18.0 Å². The molecule has 0 aliphatic carbocycles. The minimum Gasteiger partial charge on any atom is -0.449 e. The van der Waals surface area contributed by atoms with Gasteiger partial charge in [-0.1, -0.05) is 12.1 Å². The van der Waals surface area contributed by atoms with Gasteiger partial charge in [-0.3, -0.25) is 9.59 Å². The molecule has 2 amide bonds. The molecule has 1 fully saturated rings. The van der Waals surface area contributed by atoms with Crippen molar-refractivity contribution < 1.29 is 19.1 Å². The van der Waals surface area contributed by atoms with E-state index in [-0.39, 0.29) is 11.5 Å². The lowest BCUT2D eigenvalue weighted by atomic mass is 10.2. The maximum Gasteiger partial charge on any atom is 0.338 e. The van der Waals surface area contributed by atoms with Crippen LogP contribution in [0.25, 0.3) is 0 Å². The molecule has 28 heavy (non-hydrogen) atoms. The SMILES string of the molecule is C[C@H](OC(=O)c1cccc(N2CCCC2=O)c1)C(=O)Nc1cccc(C#N)c1. The van der Waals surface area contributed by atoms with Gasteiger partial charge in [-0.2, -0.15) is 5.26 Å². The summed E-state index contributed by atoms with van der Waals surface area (Å²) in [5, 5.41) is 11.5. The molecule has 0 bridgehead atoms. The van der Waals surface area contributed by atoms with Crippen molar-refractivity contribution in [2.45, 2.75) is 25.9 Å². The zero-order valence-corrected chi connectivity index (χ0v) is 15.3. The van der Waals surface area contributed by atoms with Crippen LogP contribution in [0.2, 0.25) is 0 Å². The van der Waals surface area contributed by atoms with Crippen molar-refractivity contribution in [1.29, 1.82) is 5.26 Å². The number of hydrogen-bond donors (Lipinski definition) is 1. The lowest BCUT2D eigenvalue weighted by Gasteiger charge is -2.17. The maximum atomic E-state index is 12.4. The minimum atomic E-state index is -1.03. The number of nitrogens with one attached hydrogen (secondary N) is 1. The molecule has 7 nitrogen and oxygen atoms in total. The van der Waals surface area contributed by atoms with Gasteiger partial charge in [0.1, 0.15) is 0 Å². The van der Waals surface area contributed by atoms with E-state index >= 15 is 0 Å². The topological polar surface area (TPSA) is 99.5 Å². The molecule has 2 aromatic rings. The molecule has 0 saturated carbocycles. The van der Waals surface area contributed by atoms with Gasteiger partial charge in [-0.15, -0.1) is 0 Å². The molecular weight excluding hydrogens is 358 g/mol. The quantitative estimate of drug-likeness (QED) is 0.808. The monoisotopic (exact) mass is 377 g/mol. The molecule has 3 rings (SSSR count). The Morgan fingerprint density at radius 3 is 2.71 bits per heavy atom. The fraction of sp³-hybridized carbons (Fsp3) is 0.238. The summed E-state index contributed by atoms with van der Waals surface area (Å²) < 4.78 is 5.25. The van der Waals surface area contributed by atoms with Crippen LogP contribution in [0.3, 0.4) is 0 Å². The Balaban J connectivity index is 1.64. The zero-order valence-electron chi connectivity index (χ0n) is 15.3. The van der Waals surface area contributed by atoms with E-state index in [0.717, 1.165) is 6.42 Å². The number of ether oxygens (including phenoxy) is 1. The molecule has 142 valence electrons. The zero-order chi connectivity index (χ0) is 20.1. The van der Waals surface area contributed by atoms with Crippen LogP contribution in [0.15, 0.2) is 48.5 Å². The van der Waals surface area contributed by atoms with Gasteiger partial charge in [0.05, 0.1) is 17.2 Å². The molecule has 1 heterocycles. The van der Waals surface area contributed by atoms with Crippen molar-refractivity contribution in [2.24, 2.45) is 0 Å². The number of hydrogen-bond acceptors (Lipinski definition) is 5. The Kier molecular flexibility index (Phi) is 5.70. The third kappa shape index (κ3) is 4.35. The van der Waals surface area contributed by atoms with Gasteiger partial charge in [0.15, 0.2) is 6.10 Å². The number of nitrogens with zero attached hydrogens (tertiary/aromatic N) is 2. The number of benzene rings is 2. The second kappa shape index (κ2) is 8.35. The van der Waals surface area contributed by atoms with Crippen LogP contribution >= 0.6 is 0 Å². The number of esters is 1. The van der Waals surface area contributed by atoms with Gasteiger partial charge in [-0.25, -0.2) is 4.79 Å². The smallest absolute Gasteiger partial charge is 0.338 e. The summed E-state index contributed by atoms with van der Waals surface area (Å²) in [7, 11) is 0. The standard InChI is InChI=1S/C21H19N3O4/c1-14(20(26)23-17-7-2-5-15(11-17)13-22)28-21(27)16-6-3-8-18(12-16)24-10-4-9-19(24)25/h2-3,5-8,11-12,14H,4,9-10H2,1H3,(H,23,26)/t14-/m0/s1. The number of carbonyl (C=O) groups is 3. The van der Waals surface area contributed by atoms with Crippen LogP contribution in [0.1, 0.15) is 35.7 Å². The summed E-state index contributed by atoms with van der Waals surface area (Å²) in [5.74, 6) is -1.13. The summed E-state index contributed by atoms with van der Waals surface area (Å²) >= 11 is 0. The first kappa shape index (κ1) is 19.1. The van der Waals surface area contributed by atoms with Crippen molar-refractivity contribution in [3.8, 4) is 6.07 Å². The number of rotatable bonds is 5. The van der Waals surface area contributed by atoms with Gasteiger partial charge in [-0.05, 0) is 49.7 Å². The highest BCUT2D eigenvalue weighted by molar-refractivity contribution is 5.99. The molecule has 1 saturated heterocycles. The maximum absolute atomic E-state index is 12.4. The summed E-state index contributed by atoms with van der Waals surface area (Å²) in [4.78, 5) is 38.2. The molecule has 0 unspecified atom stereocenters. The Hall–Kier alpha value is -3.66. The summed E-state index contributed by atoms with van der Waals surface area (Å²) in [6.07, 6.45) is 0.256. The number of nitriles is 1. The van der Waals surface area contributed by atoms with Crippen molar-refractivity contribution in [3.63, 3.8) is 0 Å². The van der Waals surface area contributed by atoms with Crippen LogP contribution in [0, 0.1) is 11.3 Å². The average molecular weight is 377 g/mol. The third-order valence-electron chi connectivity index (χ3n) is 4.38. The largest absolute Gasteiger partial charge is 0.449 e. The van der Waals surface area contributed by atoms with E-state index in [1.165, 1.54) is 13.0 Å². The molecule has 1 aliphatic rings. The highest BCUT2D eigenvalue weighted by Gasteiger charge is 2.24. The molecule has 0 spiro atoms. The van der Waals surface area contributed by atoms with Crippen LogP contribution in [0.5, 0.6) is 0 Å². The second-order valence-electron chi connectivity index (χ2n) is 6.43. The Labute approximate surface area is 162 Å². The Morgan fingerprint density at radius 1 is 1.21 bits per heavy atom. The van der Waals surface area contributed by atoms with Crippen molar-refractivity contribution in [2.75, 3.05) is 16.8 Å². The lowest BCUT2D eigenvalue weighted by molar-refractivity contribution is -0.123. The number of amides is 2. The summed E-state index contributed by atoms with van der Waals surface area (Å²) in [5.41, 5.74) is 1.77. The van der Waals surface area contributed by atoms with E-state index in [2.05, 4.69) is 5.32 Å². The molecule has 1 N–H and O–H groups in total. The molecular formula is C21H19N3O4. The minimum absolute atomic E-state index is 0.0258. The lowest BCUT2D eigenvalue weighted by Crippen LogP contribution is -2.30. The van der Waals surface area contributed by atoms with Crippen LogP contribution < -0.4 is 10.2 Å². The number of carbonyl (C=O) groups excluding carboxylic acids is 3. The van der Waals surface area contributed by atoms with Gasteiger partial charge < -0.3 is 15.0 Å². The van der Waals surface area contributed by atoms with Gasteiger partial charge in [0, 0.05) is 24.3 Å². The van der Waals surface area contributed by atoms with E-state index in [1.807, 2.05) is 6.07 Å². The summed E-state index contributed by atoms with van der Waals surface area (Å²) in [6, 6.07) is 15.0. The van der Waals surface area contributed by atoms with E-state index in [4.69, 9.17) is 10.00 Å². The normalized spacial score (nSPS) is 14.3. The van der Waals surface area contributed by atoms with E-state index in [9.17, 15) is 14.4 Å². The first-order valence-electron chi connectivity index (χ1n) is 8.90. The van der Waals surface area contributed by atoms with Crippen LogP contribution in [0.4, 0.5) is 11.4 Å². The van der Waals surface area contributed by atoms with Gasteiger partial charge >= 0.3 is 5.97 Å². The molecule has 2 aromatic carbocycles. The van der Waals surface area contributed by atoms with Crippen LogP contribution in [-0.2, 0) is 14.3 Å². The highest BCUT2D eigenvalue weighted by atomic mass is 16.5. The molecule has 0 aromatic heterocycles. The Bertz CT molecular complexity index is 964. The molecule has 1 atom stereocenters. The van der Waals surface area contributed by atoms with Crippen molar-refractivity contribution in [3.05, 3.63) is 59.7 Å².